The predicted molar refractivity (Wildman–Crippen MR) is 84.0 cm³/mol. The number of hydrogen-bond acceptors (Lipinski definition) is 2. The molecule has 4 nitrogen and oxygen atoms in total. The van der Waals surface area contributed by atoms with Gasteiger partial charge in [0.05, 0.1) is 17.0 Å². The molecule has 1 N–H and O–H groups in total. The van der Waals surface area contributed by atoms with E-state index in [1.54, 1.807) is 35.0 Å². The van der Waals surface area contributed by atoms with Crippen molar-refractivity contribution in [2.24, 2.45) is 0 Å². The number of anilines is 1. The maximum Gasteiger partial charge on any atom is 0.417 e. The van der Waals surface area contributed by atoms with Crippen LogP contribution in [0.5, 0.6) is 0 Å². The van der Waals surface area contributed by atoms with Crippen molar-refractivity contribution in [3.05, 3.63) is 65.1 Å². The van der Waals surface area contributed by atoms with E-state index in [1.165, 1.54) is 6.07 Å². The number of pyridine rings is 1. The van der Waals surface area contributed by atoms with Gasteiger partial charge in [0.1, 0.15) is 5.65 Å². The lowest BCUT2D eigenvalue weighted by atomic mass is 10.2. The Morgan fingerprint density at radius 1 is 1.25 bits per heavy atom. The Balaban J connectivity index is 1.76. The molecule has 0 spiro atoms. The fourth-order valence-electron chi connectivity index (χ4n) is 2.34. The van der Waals surface area contributed by atoms with Crippen molar-refractivity contribution >= 4 is 28.8 Å². The van der Waals surface area contributed by atoms with Gasteiger partial charge in [0.2, 0.25) is 5.91 Å². The summed E-state index contributed by atoms with van der Waals surface area (Å²) in [5.41, 5.74) is 0.680. The SMILES string of the molecule is O=C(Cc1cccc2nccn12)Nc1ccc(C(F)(F)F)c(Cl)c1. The molecule has 0 aliphatic heterocycles. The molecule has 0 saturated heterocycles. The third-order valence-electron chi connectivity index (χ3n) is 3.41. The Bertz CT molecular complexity index is 905. The van der Waals surface area contributed by atoms with Crippen molar-refractivity contribution in [2.75, 3.05) is 5.32 Å². The number of carbonyl (C=O) groups is 1. The summed E-state index contributed by atoms with van der Waals surface area (Å²) in [4.78, 5) is 16.3. The van der Waals surface area contributed by atoms with E-state index in [1.807, 2.05) is 0 Å². The number of nitrogens with zero attached hydrogens (tertiary/aromatic N) is 2. The molecule has 0 saturated carbocycles. The predicted octanol–water partition coefficient (Wildman–Crippen LogP) is 4.19. The van der Waals surface area contributed by atoms with E-state index in [0.717, 1.165) is 12.1 Å². The van der Waals surface area contributed by atoms with Crippen LogP contribution in [0.3, 0.4) is 0 Å². The number of carbonyl (C=O) groups excluding carboxylic acids is 1. The monoisotopic (exact) mass is 353 g/mol. The number of nitrogens with one attached hydrogen (secondary N) is 1. The first-order valence-corrected chi connectivity index (χ1v) is 7.30. The molecule has 1 amide bonds. The third-order valence-corrected chi connectivity index (χ3v) is 3.73. The number of aromatic nitrogens is 2. The highest BCUT2D eigenvalue weighted by atomic mass is 35.5. The van der Waals surface area contributed by atoms with Crippen LogP contribution in [0, 0.1) is 0 Å². The highest BCUT2D eigenvalue weighted by Gasteiger charge is 2.33. The van der Waals surface area contributed by atoms with Crippen molar-refractivity contribution in [1.82, 2.24) is 9.38 Å². The third kappa shape index (κ3) is 3.35. The molecule has 8 heteroatoms. The number of amides is 1. The number of halogens is 4. The molecule has 3 aromatic rings. The van der Waals surface area contributed by atoms with Gasteiger partial charge in [0, 0.05) is 23.8 Å². The van der Waals surface area contributed by atoms with Gasteiger partial charge in [0.25, 0.3) is 0 Å². The summed E-state index contributed by atoms with van der Waals surface area (Å²) in [7, 11) is 0. The van der Waals surface area contributed by atoms with Crippen LogP contribution in [-0.4, -0.2) is 15.3 Å². The Morgan fingerprint density at radius 3 is 2.75 bits per heavy atom. The van der Waals surface area contributed by atoms with E-state index in [2.05, 4.69) is 10.3 Å². The minimum absolute atomic E-state index is 0.0480. The van der Waals surface area contributed by atoms with Crippen LogP contribution >= 0.6 is 11.6 Å². The van der Waals surface area contributed by atoms with Crippen LogP contribution in [0.4, 0.5) is 18.9 Å². The highest BCUT2D eigenvalue weighted by molar-refractivity contribution is 6.31. The zero-order chi connectivity index (χ0) is 17.3. The van der Waals surface area contributed by atoms with Gasteiger partial charge in [-0.05, 0) is 30.3 Å². The van der Waals surface area contributed by atoms with Gasteiger partial charge in [-0.1, -0.05) is 17.7 Å². The number of imidazole rings is 1. The fraction of sp³-hybridized carbons (Fsp3) is 0.125. The van der Waals surface area contributed by atoms with E-state index in [4.69, 9.17) is 11.6 Å². The molecule has 0 atom stereocenters. The summed E-state index contributed by atoms with van der Waals surface area (Å²) in [6.45, 7) is 0. The lowest BCUT2D eigenvalue weighted by molar-refractivity contribution is -0.137. The largest absolute Gasteiger partial charge is 0.417 e. The minimum atomic E-state index is -4.53. The van der Waals surface area contributed by atoms with Crippen LogP contribution in [0.15, 0.2) is 48.8 Å². The van der Waals surface area contributed by atoms with E-state index in [9.17, 15) is 18.0 Å². The fourth-order valence-corrected chi connectivity index (χ4v) is 2.63. The first-order chi connectivity index (χ1) is 11.3. The average molecular weight is 354 g/mol. The van der Waals surface area contributed by atoms with Gasteiger partial charge in [-0.3, -0.25) is 4.79 Å². The van der Waals surface area contributed by atoms with Gasteiger partial charge < -0.3 is 9.72 Å². The first-order valence-electron chi connectivity index (χ1n) is 6.92. The van der Waals surface area contributed by atoms with Crippen molar-refractivity contribution in [3.63, 3.8) is 0 Å². The molecular formula is C16H11ClF3N3O. The molecule has 124 valence electrons. The van der Waals surface area contributed by atoms with E-state index < -0.39 is 16.8 Å². The second-order valence-electron chi connectivity index (χ2n) is 5.09. The molecule has 0 aliphatic carbocycles. The number of hydrogen-bond donors (Lipinski definition) is 1. The molecule has 2 aromatic heterocycles. The van der Waals surface area contributed by atoms with Gasteiger partial charge in [0.15, 0.2) is 0 Å². The van der Waals surface area contributed by atoms with E-state index in [0.29, 0.717) is 11.3 Å². The Kier molecular flexibility index (Phi) is 4.19. The lowest BCUT2D eigenvalue weighted by Gasteiger charge is -2.11. The Hall–Kier alpha value is -2.54. The summed E-state index contributed by atoms with van der Waals surface area (Å²) in [5, 5.41) is 2.08. The van der Waals surface area contributed by atoms with Crippen molar-refractivity contribution in [3.8, 4) is 0 Å². The lowest BCUT2D eigenvalue weighted by Crippen LogP contribution is -2.16. The van der Waals surface area contributed by atoms with Crippen LogP contribution in [0.25, 0.3) is 5.65 Å². The Morgan fingerprint density at radius 2 is 2.04 bits per heavy atom. The van der Waals surface area contributed by atoms with Gasteiger partial charge >= 0.3 is 6.18 Å². The quantitative estimate of drug-likeness (QED) is 0.767. The summed E-state index contributed by atoms with van der Waals surface area (Å²) in [6.07, 6.45) is -1.14. The van der Waals surface area contributed by atoms with Crippen LogP contribution in [0.2, 0.25) is 5.02 Å². The summed E-state index contributed by atoms with van der Waals surface area (Å²) >= 11 is 5.64. The van der Waals surface area contributed by atoms with Gasteiger partial charge in [-0.25, -0.2) is 4.98 Å². The van der Waals surface area contributed by atoms with Gasteiger partial charge in [-0.15, -0.1) is 0 Å². The Labute approximate surface area is 139 Å². The normalized spacial score (nSPS) is 11.7. The van der Waals surface area contributed by atoms with Crippen molar-refractivity contribution < 1.29 is 18.0 Å². The summed E-state index contributed by atoms with van der Waals surface area (Å²) < 4.78 is 39.8. The number of fused-ring (bicyclic) bond motifs is 1. The molecule has 0 unspecified atom stereocenters. The summed E-state index contributed by atoms with van der Waals surface area (Å²) in [5.74, 6) is -0.368. The molecule has 3 rings (SSSR count). The second kappa shape index (κ2) is 6.16. The molecule has 0 radical (unpaired) electrons. The zero-order valence-corrected chi connectivity index (χ0v) is 12.9. The van der Waals surface area contributed by atoms with Gasteiger partial charge in [-0.2, -0.15) is 13.2 Å². The van der Waals surface area contributed by atoms with Crippen LogP contribution < -0.4 is 5.32 Å². The van der Waals surface area contributed by atoms with Crippen LogP contribution in [0.1, 0.15) is 11.3 Å². The maximum absolute atomic E-state index is 12.7. The average Bonchev–Trinajstić information content (AvgIpc) is 2.95. The van der Waals surface area contributed by atoms with E-state index >= 15 is 0 Å². The first kappa shape index (κ1) is 16.3. The smallest absolute Gasteiger partial charge is 0.326 e. The number of alkyl halides is 3. The molecular weight excluding hydrogens is 343 g/mol. The maximum atomic E-state index is 12.7. The topological polar surface area (TPSA) is 46.4 Å². The van der Waals surface area contributed by atoms with Crippen molar-refractivity contribution in [2.45, 2.75) is 12.6 Å². The number of benzene rings is 1. The molecule has 0 aliphatic rings. The van der Waals surface area contributed by atoms with E-state index in [-0.39, 0.29) is 18.0 Å². The molecule has 0 fully saturated rings. The van der Waals surface area contributed by atoms with Crippen LogP contribution in [-0.2, 0) is 17.4 Å². The minimum Gasteiger partial charge on any atom is -0.326 e. The highest BCUT2D eigenvalue weighted by Crippen LogP contribution is 2.35. The molecule has 24 heavy (non-hydrogen) atoms. The molecule has 2 heterocycles. The standard InChI is InChI=1S/C16H11ClF3N3O/c17-13-8-10(4-5-12(13)16(18,19)20)22-15(24)9-11-2-1-3-14-21-6-7-23(11)14/h1-8H,9H2,(H,22,24). The zero-order valence-electron chi connectivity index (χ0n) is 12.1. The molecule has 0 bridgehead atoms. The van der Waals surface area contributed by atoms with Crippen molar-refractivity contribution in [1.29, 1.82) is 0 Å². The second-order valence-corrected chi connectivity index (χ2v) is 5.50. The molecule has 1 aromatic carbocycles. The summed E-state index contributed by atoms with van der Waals surface area (Å²) in [6, 6.07) is 8.45. The number of rotatable bonds is 3.